The molecule has 0 aromatic heterocycles. The van der Waals surface area contributed by atoms with E-state index in [2.05, 4.69) is 4.74 Å². The second-order valence-corrected chi connectivity index (χ2v) is 6.88. The number of benzene rings is 2. The zero-order valence-electron chi connectivity index (χ0n) is 13.2. The zero-order chi connectivity index (χ0) is 20.2. The van der Waals surface area contributed by atoms with Crippen LogP contribution in [0.25, 0.3) is 6.08 Å². The fourth-order valence-electron chi connectivity index (χ4n) is 2.00. The fraction of sp³-hybridized carbons (Fsp3) is 0.0625. The van der Waals surface area contributed by atoms with Crippen molar-refractivity contribution in [3.05, 3.63) is 69.1 Å². The van der Waals surface area contributed by atoms with E-state index in [1.807, 2.05) is 0 Å². The predicted octanol–water partition coefficient (Wildman–Crippen LogP) is 3.83. The first-order chi connectivity index (χ1) is 12.5. The van der Waals surface area contributed by atoms with Crippen LogP contribution >= 0.6 is 0 Å². The van der Waals surface area contributed by atoms with E-state index in [0.29, 0.717) is 0 Å². The molecule has 0 aliphatic carbocycles. The number of ether oxygens (including phenoxy) is 1. The molecule has 0 atom stereocenters. The minimum atomic E-state index is -5.01. The molecule has 2 aromatic rings. The standard InChI is InChI=1S/C16H9F3N2O5S/c17-16(18,19)26-15-4-2-1-3-11(15)9-14(10-20)27(24,25)13-7-5-12(6-8-13)21(22)23/h1-9H. The van der Waals surface area contributed by atoms with Gasteiger partial charge in [-0.2, -0.15) is 5.26 Å². The molecule has 2 rings (SSSR count). The molecule has 0 saturated heterocycles. The minimum absolute atomic E-state index is 0.281. The molecular formula is C16H9F3N2O5S. The SMILES string of the molecule is N#CC(=Cc1ccccc1OC(F)(F)F)S(=O)(=O)c1ccc([N+](=O)[O-])cc1. The summed E-state index contributed by atoms with van der Waals surface area (Å²) in [6.45, 7) is 0. The largest absolute Gasteiger partial charge is 0.573 e. The van der Waals surface area contributed by atoms with Gasteiger partial charge in [0.1, 0.15) is 16.7 Å². The van der Waals surface area contributed by atoms with E-state index >= 15 is 0 Å². The van der Waals surface area contributed by atoms with Crippen molar-refractivity contribution in [3.8, 4) is 11.8 Å². The van der Waals surface area contributed by atoms with Crippen molar-refractivity contribution in [2.45, 2.75) is 11.3 Å². The van der Waals surface area contributed by atoms with Crippen molar-refractivity contribution in [1.29, 1.82) is 5.26 Å². The van der Waals surface area contributed by atoms with Gasteiger partial charge in [-0.25, -0.2) is 8.42 Å². The normalized spacial score (nSPS) is 12.3. The highest BCUT2D eigenvalue weighted by atomic mass is 32.2. The molecule has 0 radical (unpaired) electrons. The number of nitrogens with zero attached hydrogens (tertiary/aromatic N) is 2. The van der Waals surface area contributed by atoms with Crippen LogP contribution in [0.1, 0.15) is 5.56 Å². The van der Waals surface area contributed by atoms with Crippen LogP contribution < -0.4 is 4.74 Å². The number of para-hydroxylation sites is 1. The number of rotatable bonds is 5. The minimum Gasteiger partial charge on any atom is -0.405 e. The molecule has 0 aliphatic rings. The number of non-ortho nitro benzene ring substituents is 1. The average Bonchev–Trinajstić information content (AvgIpc) is 2.59. The van der Waals surface area contributed by atoms with Gasteiger partial charge in [0.25, 0.3) is 5.69 Å². The summed E-state index contributed by atoms with van der Waals surface area (Å²) in [6, 6.07) is 9.83. The van der Waals surface area contributed by atoms with Crippen LogP contribution in [-0.4, -0.2) is 19.7 Å². The molecule has 0 heterocycles. The van der Waals surface area contributed by atoms with Gasteiger partial charge >= 0.3 is 6.36 Å². The average molecular weight is 398 g/mol. The van der Waals surface area contributed by atoms with E-state index in [-0.39, 0.29) is 11.3 Å². The Balaban J connectivity index is 2.50. The van der Waals surface area contributed by atoms with Gasteiger partial charge in [-0.15, -0.1) is 13.2 Å². The lowest BCUT2D eigenvalue weighted by molar-refractivity contribution is -0.384. The molecule has 7 nitrogen and oxygen atoms in total. The van der Waals surface area contributed by atoms with Crippen LogP contribution in [0.2, 0.25) is 0 Å². The maximum absolute atomic E-state index is 12.5. The summed E-state index contributed by atoms with van der Waals surface area (Å²) in [5, 5.41) is 19.8. The highest BCUT2D eigenvalue weighted by Crippen LogP contribution is 2.30. The first kappa shape index (κ1) is 19.9. The van der Waals surface area contributed by atoms with E-state index in [0.717, 1.165) is 42.5 Å². The van der Waals surface area contributed by atoms with E-state index in [1.165, 1.54) is 18.2 Å². The van der Waals surface area contributed by atoms with Crippen LogP contribution in [0.4, 0.5) is 18.9 Å². The van der Waals surface area contributed by atoms with Crippen molar-refractivity contribution in [1.82, 2.24) is 0 Å². The quantitative estimate of drug-likeness (QED) is 0.430. The number of sulfone groups is 1. The molecule has 27 heavy (non-hydrogen) atoms. The lowest BCUT2D eigenvalue weighted by Gasteiger charge is -2.11. The zero-order valence-corrected chi connectivity index (χ0v) is 14.0. The first-order valence-electron chi connectivity index (χ1n) is 7.01. The highest BCUT2D eigenvalue weighted by molar-refractivity contribution is 7.95. The van der Waals surface area contributed by atoms with E-state index in [4.69, 9.17) is 0 Å². The van der Waals surface area contributed by atoms with Gasteiger partial charge in [0, 0.05) is 17.7 Å². The number of allylic oxidation sites excluding steroid dienone is 1. The second kappa shape index (κ2) is 7.46. The summed E-state index contributed by atoms with van der Waals surface area (Å²) in [5.74, 6) is -0.684. The van der Waals surface area contributed by atoms with Gasteiger partial charge in [-0.05, 0) is 24.3 Å². The van der Waals surface area contributed by atoms with E-state index < -0.39 is 36.7 Å². The lowest BCUT2D eigenvalue weighted by atomic mass is 10.2. The molecule has 11 heteroatoms. The number of halogens is 3. The summed E-state index contributed by atoms with van der Waals surface area (Å²) in [4.78, 5) is 8.62. The monoisotopic (exact) mass is 398 g/mol. The van der Waals surface area contributed by atoms with Crippen LogP contribution in [0.5, 0.6) is 5.75 Å². The van der Waals surface area contributed by atoms with Crippen LogP contribution in [-0.2, 0) is 9.84 Å². The van der Waals surface area contributed by atoms with Gasteiger partial charge in [0.15, 0.2) is 0 Å². The van der Waals surface area contributed by atoms with E-state index in [9.17, 15) is 37.0 Å². The molecule has 0 N–H and O–H groups in total. The topological polar surface area (TPSA) is 110 Å². The number of hydrogen-bond acceptors (Lipinski definition) is 6. The first-order valence-corrected chi connectivity index (χ1v) is 8.49. The maximum atomic E-state index is 12.5. The third kappa shape index (κ3) is 4.83. The maximum Gasteiger partial charge on any atom is 0.573 e. The highest BCUT2D eigenvalue weighted by Gasteiger charge is 2.32. The molecule has 0 unspecified atom stereocenters. The van der Waals surface area contributed by atoms with Crippen molar-refractivity contribution < 1.29 is 31.2 Å². The second-order valence-electron chi connectivity index (χ2n) is 4.96. The predicted molar refractivity (Wildman–Crippen MR) is 87.0 cm³/mol. The summed E-state index contributed by atoms with van der Waals surface area (Å²) < 4.78 is 66.2. The van der Waals surface area contributed by atoms with Gasteiger partial charge in [-0.1, -0.05) is 18.2 Å². The number of nitro groups is 1. The molecule has 0 spiro atoms. The summed E-state index contributed by atoms with van der Waals surface area (Å²) in [5.41, 5.74) is -0.641. The number of nitro benzene ring substituents is 1. The molecule has 2 aromatic carbocycles. The molecule has 0 saturated carbocycles. The Morgan fingerprint density at radius 3 is 2.26 bits per heavy atom. The molecule has 140 valence electrons. The van der Waals surface area contributed by atoms with Crippen molar-refractivity contribution in [3.63, 3.8) is 0 Å². The van der Waals surface area contributed by atoms with Gasteiger partial charge in [0.2, 0.25) is 9.84 Å². The Morgan fingerprint density at radius 2 is 1.74 bits per heavy atom. The Bertz CT molecular complexity index is 1040. The van der Waals surface area contributed by atoms with Gasteiger partial charge in [-0.3, -0.25) is 10.1 Å². The fourth-order valence-corrected chi connectivity index (χ4v) is 3.15. The van der Waals surface area contributed by atoms with Gasteiger partial charge < -0.3 is 4.74 Å². The number of hydrogen-bond donors (Lipinski definition) is 0. The Hall–Kier alpha value is -3.39. The van der Waals surface area contributed by atoms with Crippen LogP contribution in [0.3, 0.4) is 0 Å². The van der Waals surface area contributed by atoms with E-state index in [1.54, 1.807) is 0 Å². The third-order valence-electron chi connectivity index (χ3n) is 3.19. The van der Waals surface area contributed by atoms with Crippen LogP contribution in [0.15, 0.2) is 58.3 Å². The number of nitriles is 1. The number of alkyl halides is 3. The van der Waals surface area contributed by atoms with Crippen molar-refractivity contribution in [2.75, 3.05) is 0 Å². The molecule has 0 bridgehead atoms. The molecule has 0 amide bonds. The van der Waals surface area contributed by atoms with Crippen molar-refractivity contribution in [2.24, 2.45) is 0 Å². The molecule has 0 aliphatic heterocycles. The summed E-state index contributed by atoms with van der Waals surface area (Å²) in [7, 11) is -4.41. The van der Waals surface area contributed by atoms with Crippen molar-refractivity contribution >= 4 is 21.6 Å². The Morgan fingerprint density at radius 1 is 1.15 bits per heavy atom. The molecular weight excluding hydrogens is 389 g/mol. The smallest absolute Gasteiger partial charge is 0.405 e. The Labute approximate surface area is 151 Å². The third-order valence-corrected chi connectivity index (χ3v) is 4.87. The summed E-state index contributed by atoms with van der Waals surface area (Å²) >= 11 is 0. The lowest BCUT2D eigenvalue weighted by Crippen LogP contribution is -2.17. The Kier molecular flexibility index (Phi) is 5.51. The van der Waals surface area contributed by atoms with Gasteiger partial charge in [0.05, 0.1) is 9.82 Å². The van der Waals surface area contributed by atoms with Crippen LogP contribution in [0, 0.1) is 21.4 Å². The molecule has 0 fully saturated rings. The summed E-state index contributed by atoms with van der Waals surface area (Å²) in [6.07, 6.45) is -4.27.